The number of hydrogen-bond acceptors (Lipinski definition) is 5. The zero-order valence-corrected chi connectivity index (χ0v) is 14.0. The number of hydrogen-bond donors (Lipinski definition) is 2. The Bertz CT molecular complexity index is 550. The van der Waals surface area contributed by atoms with E-state index in [0.29, 0.717) is 41.4 Å². The number of anilines is 1. The quantitative estimate of drug-likeness (QED) is 0.691. The molecular formula is C14H25N3O3S. The highest BCUT2D eigenvalue weighted by atomic mass is 32.2. The van der Waals surface area contributed by atoms with Gasteiger partial charge in [0, 0.05) is 32.4 Å². The summed E-state index contributed by atoms with van der Waals surface area (Å²) in [4.78, 5) is 2.32. The van der Waals surface area contributed by atoms with Gasteiger partial charge in [0.05, 0.1) is 11.5 Å². The van der Waals surface area contributed by atoms with Crippen LogP contribution in [0, 0.1) is 13.8 Å². The third kappa shape index (κ3) is 5.28. The number of nitrogens with zero attached hydrogens (tertiary/aromatic N) is 1. The van der Waals surface area contributed by atoms with Crippen LogP contribution in [-0.2, 0) is 14.8 Å². The van der Waals surface area contributed by atoms with Crippen LogP contribution in [0.4, 0.5) is 5.69 Å². The maximum atomic E-state index is 12.4. The normalized spacial score (nSPS) is 12.0. The van der Waals surface area contributed by atoms with Gasteiger partial charge in [-0.3, -0.25) is 0 Å². The molecule has 120 valence electrons. The predicted molar refractivity (Wildman–Crippen MR) is 84.9 cm³/mol. The molecule has 0 spiro atoms. The fourth-order valence-corrected chi connectivity index (χ4v) is 3.68. The average Bonchev–Trinajstić information content (AvgIpc) is 2.34. The molecule has 3 N–H and O–H groups in total. The first-order valence-electron chi connectivity index (χ1n) is 6.82. The van der Waals surface area contributed by atoms with Crippen molar-refractivity contribution in [2.24, 2.45) is 0 Å². The Labute approximate surface area is 127 Å². The number of benzene rings is 1. The first-order chi connectivity index (χ1) is 9.77. The maximum absolute atomic E-state index is 12.4. The molecule has 0 fully saturated rings. The first-order valence-corrected chi connectivity index (χ1v) is 8.30. The highest BCUT2D eigenvalue weighted by molar-refractivity contribution is 7.89. The third-order valence-corrected chi connectivity index (χ3v) is 4.98. The molecule has 0 aliphatic rings. The van der Waals surface area contributed by atoms with Crippen LogP contribution in [0.15, 0.2) is 17.0 Å². The van der Waals surface area contributed by atoms with E-state index >= 15 is 0 Å². The number of aryl methyl sites for hydroxylation is 2. The number of ether oxygens (including phenoxy) is 1. The molecule has 0 aromatic heterocycles. The second kappa shape index (κ2) is 7.74. The molecule has 0 aliphatic heterocycles. The Morgan fingerprint density at radius 1 is 1.24 bits per heavy atom. The van der Waals surface area contributed by atoms with Crippen LogP contribution in [0.3, 0.4) is 0 Å². The zero-order valence-electron chi connectivity index (χ0n) is 13.1. The Morgan fingerprint density at radius 3 is 2.33 bits per heavy atom. The van der Waals surface area contributed by atoms with E-state index in [1.807, 2.05) is 11.9 Å². The molecule has 7 heteroatoms. The number of nitrogens with one attached hydrogen (secondary N) is 1. The summed E-state index contributed by atoms with van der Waals surface area (Å²) in [6, 6.07) is 3.35. The SMILES string of the molecule is COCCN(C)CCNS(=O)(=O)c1c(C)cc(N)cc1C. The van der Waals surface area contributed by atoms with Crippen molar-refractivity contribution in [1.29, 1.82) is 0 Å². The minimum Gasteiger partial charge on any atom is -0.399 e. The van der Waals surface area contributed by atoms with Crippen molar-refractivity contribution in [3.8, 4) is 0 Å². The molecule has 6 nitrogen and oxygen atoms in total. The smallest absolute Gasteiger partial charge is 0.241 e. The molecule has 0 saturated heterocycles. The van der Waals surface area contributed by atoms with Gasteiger partial charge in [-0.05, 0) is 44.2 Å². The summed E-state index contributed by atoms with van der Waals surface area (Å²) in [7, 11) is 0.0477. The summed E-state index contributed by atoms with van der Waals surface area (Å²) in [5.74, 6) is 0. The molecule has 0 aliphatic carbocycles. The van der Waals surface area contributed by atoms with Gasteiger partial charge in [-0.1, -0.05) is 0 Å². The van der Waals surface area contributed by atoms with Gasteiger partial charge in [0.2, 0.25) is 10.0 Å². The standard InChI is InChI=1S/C14H25N3O3S/c1-11-9-13(15)10-12(2)14(11)21(18,19)16-5-6-17(3)7-8-20-4/h9-10,16H,5-8,15H2,1-4H3. The Balaban J connectivity index is 2.71. The van der Waals surface area contributed by atoms with Crippen molar-refractivity contribution in [2.75, 3.05) is 46.1 Å². The van der Waals surface area contributed by atoms with Gasteiger partial charge in [0.1, 0.15) is 0 Å². The number of likely N-dealkylation sites (N-methyl/N-ethyl adjacent to an activating group) is 1. The van der Waals surface area contributed by atoms with E-state index in [4.69, 9.17) is 10.5 Å². The number of methoxy groups -OCH3 is 1. The van der Waals surface area contributed by atoms with Crippen LogP contribution < -0.4 is 10.5 Å². The van der Waals surface area contributed by atoms with E-state index < -0.39 is 10.0 Å². The summed E-state index contributed by atoms with van der Waals surface area (Å²) in [5.41, 5.74) is 7.62. The van der Waals surface area contributed by atoms with Crippen LogP contribution in [0.1, 0.15) is 11.1 Å². The van der Waals surface area contributed by atoms with Crippen molar-refractivity contribution >= 4 is 15.7 Å². The topological polar surface area (TPSA) is 84.7 Å². The van der Waals surface area contributed by atoms with Crippen molar-refractivity contribution in [3.63, 3.8) is 0 Å². The lowest BCUT2D eigenvalue weighted by Gasteiger charge is -2.17. The van der Waals surface area contributed by atoms with Gasteiger partial charge >= 0.3 is 0 Å². The minimum absolute atomic E-state index is 0.316. The molecule has 21 heavy (non-hydrogen) atoms. The molecule has 0 saturated carbocycles. The summed E-state index contributed by atoms with van der Waals surface area (Å²) in [6.07, 6.45) is 0. The monoisotopic (exact) mass is 315 g/mol. The number of nitrogen functional groups attached to an aromatic ring is 1. The largest absolute Gasteiger partial charge is 0.399 e. The summed E-state index contributed by atoms with van der Waals surface area (Å²) < 4.78 is 32.4. The van der Waals surface area contributed by atoms with Crippen molar-refractivity contribution in [3.05, 3.63) is 23.3 Å². The van der Waals surface area contributed by atoms with E-state index in [0.717, 1.165) is 6.54 Å². The van der Waals surface area contributed by atoms with Gasteiger partial charge in [0.15, 0.2) is 0 Å². The molecule has 0 atom stereocenters. The Kier molecular flexibility index (Phi) is 6.60. The average molecular weight is 315 g/mol. The lowest BCUT2D eigenvalue weighted by atomic mass is 10.1. The molecule has 0 heterocycles. The van der Waals surface area contributed by atoms with Gasteiger partial charge in [0.25, 0.3) is 0 Å². The first kappa shape index (κ1) is 17.9. The van der Waals surface area contributed by atoms with Crippen LogP contribution in [0.25, 0.3) is 0 Å². The highest BCUT2D eigenvalue weighted by Crippen LogP contribution is 2.22. The fraction of sp³-hybridized carbons (Fsp3) is 0.571. The van der Waals surface area contributed by atoms with Crippen molar-refractivity contribution < 1.29 is 13.2 Å². The van der Waals surface area contributed by atoms with Crippen LogP contribution >= 0.6 is 0 Å². The predicted octanol–water partition coefficient (Wildman–Crippen LogP) is 0.742. The molecular weight excluding hydrogens is 290 g/mol. The van der Waals surface area contributed by atoms with E-state index in [2.05, 4.69) is 4.72 Å². The zero-order chi connectivity index (χ0) is 16.0. The lowest BCUT2D eigenvalue weighted by Crippen LogP contribution is -2.34. The van der Waals surface area contributed by atoms with Gasteiger partial charge in [-0.15, -0.1) is 0 Å². The van der Waals surface area contributed by atoms with Crippen molar-refractivity contribution in [2.45, 2.75) is 18.7 Å². The Morgan fingerprint density at radius 2 is 1.81 bits per heavy atom. The third-order valence-electron chi connectivity index (χ3n) is 3.21. The molecule has 0 radical (unpaired) electrons. The van der Waals surface area contributed by atoms with Crippen LogP contribution in [0.5, 0.6) is 0 Å². The van der Waals surface area contributed by atoms with Gasteiger partial charge in [-0.25, -0.2) is 13.1 Å². The van der Waals surface area contributed by atoms with E-state index in [9.17, 15) is 8.42 Å². The molecule has 1 aromatic carbocycles. The highest BCUT2D eigenvalue weighted by Gasteiger charge is 2.19. The molecule has 1 aromatic rings. The van der Waals surface area contributed by atoms with Gasteiger partial charge < -0.3 is 15.4 Å². The van der Waals surface area contributed by atoms with Crippen molar-refractivity contribution in [1.82, 2.24) is 9.62 Å². The van der Waals surface area contributed by atoms with Crippen LogP contribution in [-0.4, -0.2) is 53.7 Å². The number of sulfonamides is 1. The summed E-state index contributed by atoms with van der Waals surface area (Å²) in [6.45, 7) is 5.87. The molecule has 1 rings (SSSR count). The van der Waals surface area contributed by atoms with E-state index in [1.54, 1.807) is 33.1 Å². The van der Waals surface area contributed by atoms with E-state index in [-0.39, 0.29) is 0 Å². The summed E-state index contributed by atoms with van der Waals surface area (Å²) in [5, 5.41) is 0. The van der Waals surface area contributed by atoms with Gasteiger partial charge in [-0.2, -0.15) is 0 Å². The fourth-order valence-electron chi connectivity index (χ4n) is 2.21. The minimum atomic E-state index is -3.52. The Hall–Kier alpha value is -1.15. The molecule has 0 unspecified atom stereocenters. The number of nitrogens with two attached hydrogens (primary N) is 1. The number of rotatable bonds is 8. The maximum Gasteiger partial charge on any atom is 0.241 e. The summed E-state index contributed by atoms with van der Waals surface area (Å²) >= 11 is 0. The lowest BCUT2D eigenvalue weighted by molar-refractivity contribution is 0.162. The van der Waals surface area contributed by atoms with E-state index in [1.165, 1.54) is 0 Å². The second-order valence-corrected chi connectivity index (χ2v) is 6.88. The molecule has 0 bridgehead atoms. The molecule has 0 amide bonds. The van der Waals surface area contributed by atoms with Crippen LogP contribution in [0.2, 0.25) is 0 Å². The second-order valence-electron chi connectivity index (χ2n) is 5.18.